The van der Waals surface area contributed by atoms with Gasteiger partial charge < -0.3 is 30.3 Å². The number of carboxylic acids is 1. The molecule has 82 heavy (non-hydrogen) atoms. The smallest absolute Gasteiger partial charge is 0.338 e. The van der Waals surface area contributed by atoms with Crippen molar-refractivity contribution in [2.45, 2.75) is 80.8 Å². The van der Waals surface area contributed by atoms with Crippen molar-refractivity contribution >= 4 is 45.9 Å². The number of hydrogen-bond acceptors (Lipinski definition) is 13. The Morgan fingerprint density at radius 3 is 1.30 bits per heavy atom. The van der Waals surface area contributed by atoms with Crippen LogP contribution in [0.4, 0.5) is 38.2 Å². The molecule has 0 unspecified atom stereocenters. The molecule has 0 aliphatic carbocycles. The molecular formula is C60H64F6N10O6. The van der Waals surface area contributed by atoms with E-state index in [0.29, 0.717) is 13.1 Å². The van der Waals surface area contributed by atoms with Gasteiger partial charge in [0.05, 0.1) is 22.5 Å². The minimum absolute atomic E-state index is 0.0358. The third kappa shape index (κ3) is 13.8. The number of benzene rings is 4. The van der Waals surface area contributed by atoms with Crippen LogP contribution in [-0.4, -0.2) is 114 Å². The van der Waals surface area contributed by atoms with Gasteiger partial charge in [-0.2, -0.15) is 9.97 Å². The van der Waals surface area contributed by atoms with Crippen molar-refractivity contribution < 1.29 is 45.8 Å². The average Bonchev–Trinajstić information content (AvgIpc) is 1.79. The minimum Gasteiger partial charge on any atom is -0.478 e. The van der Waals surface area contributed by atoms with E-state index in [1.165, 1.54) is 50.2 Å². The van der Waals surface area contributed by atoms with Crippen LogP contribution in [0, 0.1) is 48.8 Å². The molecule has 16 nitrogen and oxygen atoms in total. The summed E-state index contributed by atoms with van der Waals surface area (Å²) in [6, 6.07) is 16.3. The van der Waals surface area contributed by atoms with Gasteiger partial charge in [0.15, 0.2) is 11.3 Å². The fraction of sp³-hybridized carbons (Fsp3) is 0.333. The summed E-state index contributed by atoms with van der Waals surface area (Å²) < 4.78 is 96.9. The number of ether oxygens (including phenoxy) is 1. The molecule has 0 saturated heterocycles. The molecule has 3 N–H and O–H groups in total. The number of nitrogens with one attached hydrogen (secondary N) is 2. The molecule has 8 aromatic rings. The number of halogens is 6. The maximum absolute atomic E-state index is 15.3. The van der Waals surface area contributed by atoms with Crippen LogP contribution >= 0.6 is 0 Å². The first-order valence-electron chi connectivity index (χ1n) is 26.8. The molecule has 0 saturated carbocycles. The van der Waals surface area contributed by atoms with E-state index < -0.39 is 74.9 Å². The third-order valence-electron chi connectivity index (χ3n) is 13.6. The Kier molecular flexibility index (Phi) is 19.7. The molecule has 0 aliphatic heterocycles. The summed E-state index contributed by atoms with van der Waals surface area (Å²) in [6.07, 6.45) is 1.47. The number of aromatic carboxylic acids is 1. The number of para-hydroxylation sites is 2. The van der Waals surface area contributed by atoms with Crippen LogP contribution in [0.1, 0.15) is 93.2 Å². The number of pyridine rings is 2. The van der Waals surface area contributed by atoms with Gasteiger partial charge in [-0.15, -0.1) is 0 Å². The van der Waals surface area contributed by atoms with Crippen LogP contribution in [0.3, 0.4) is 0 Å². The summed E-state index contributed by atoms with van der Waals surface area (Å²) in [5, 5.41) is 16.1. The minimum atomic E-state index is -1.34. The highest BCUT2D eigenvalue weighted by Crippen LogP contribution is 2.35. The van der Waals surface area contributed by atoms with Gasteiger partial charge in [-0.3, -0.25) is 18.7 Å². The van der Waals surface area contributed by atoms with E-state index in [4.69, 9.17) is 4.74 Å². The number of carbonyl (C=O) groups is 2. The largest absolute Gasteiger partial charge is 0.478 e. The van der Waals surface area contributed by atoms with Crippen molar-refractivity contribution in [3.8, 4) is 33.9 Å². The SMILES string of the molecule is CCN(CC)CCCNc1nc(-c2cc(C(=O)O)cc(F)c2C)c2ccc(=O)n(-c3c(F)cccc3F)c2n1.CCN(CC)CCCNc1nc(-c2cc(C(=O)OC(C)(C)C)cc(F)c2C)c2ccc(=O)n(-c3c(F)cccc3F)c2n1. The zero-order valence-corrected chi connectivity index (χ0v) is 47.0. The molecule has 0 aliphatic rings. The lowest BCUT2D eigenvalue weighted by Gasteiger charge is -2.20. The molecule has 4 heterocycles. The van der Waals surface area contributed by atoms with Gasteiger partial charge in [0.2, 0.25) is 11.9 Å². The van der Waals surface area contributed by atoms with Gasteiger partial charge in [0.25, 0.3) is 11.1 Å². The first kappa shape index (κ1) is 61.1. The standard InChI is InChI=1S/C32H36F3N5O3.C28H28F3N5O3/c1-7-39(8-2)16-10-15-36-31-37-27(22-17-20(18-25(35)19(22)3)30(42)43-32(4,5)6)21-13-14-26(41)40(29(21)38-31)28-23(33)11-9-12-24(28)34;1-4-35(5-2)13-7-12-32-28-33-24(19-14-17(27(38)39)15-22(31)16(19)3)18-10-11-23(37)36(26(18)34-28)25-20(29)8-6-9-21(25)30/h9,11-14,17-18H,7-8,10,15-16H2,1-6H3,(H,36,37,38);6,8-11,14-15H,4-5,7,12-13H2,1-3H3,(H,38,39)(H,32,33,34). The van der Waals surface area contributed by atoms with Crippen molar-refractivity contribution in [1.29, 1.82) is 0 Å². The third-order valence-corrected chi connectivity index (χ3v) is 13.6. The number of carboxylic acid groups (broad SMARTS) is 1. The van der Waals surface area contributed by atoms with Gasteiger partial charge in [-0.1, -0.05) is 39.8 Å². The van der Waals surface area contributed by atoms with E-state index in [2.05, 4.69) is 68.1 Å². The van der Waals surface area contributed by atoms with E-state index in [1.54, 1.807) is 20.8 Å². The summed E-state index contributed by atoms with van der Waals surface area (Å²) in [7, 11) is 0. The summed E-state index contributed by atoms with van der Waals surface area (Å²) in [5.41, 5.74) is -3.11. The van der Waals surface area contributed by atoms with E-state index in [-0.39, 0.29) is 78.7 Å². The summed E-state index contributed by atoms with van der Waals surface area (Å²) in [5.74, 6) is -7.28. The van der Waals surface area contributed by atoms with Crippen molar-refractivity contribution in [3.63, 3.8) is 0 Å². The van der Waals surface area contributed by atoms with E-state index >= 15 is 4.39 Å². The predicted molar refractivity (Wildman–Crippen MR) is 304 cm³/mol. The molecule has 0 amide bonds. The summed E-state index contributed by atoms with van der Waals surface area (Å²) in [6.45, 7) is 22.4. The second-order valence-corrected chi connectivity index (χ2v) is 20.1. The zero-order valence-electron chi connectivity index (χ0n) is 47.0. The Labute approximate surface area is 469 Å². The number of esters is 1. The number of anilines is 2. The van der Waals surface area contributed by atoms with Crippen LogP contribution < -0.4 is 21.8 Å². The van der Waals surface area contributed by atoms with Crippen LogP contribution in [0.5, 0.6) is 0 Å². The molecule has 432 valence electrons. The highest BCUT2D eigenvalue weighted by atomic mass is 19.2. The topological polar surface area (TPSA) is 190 Å². The van der Waals surface area contributed by atoms with Crippen LogP contribution in [-0.2, 0) is 4.74 Å². The lowest BCUT2D eigenvalue weighted by atomic mass is 9.99. The summed E-state index contributed by atoms with van der Waals surface area (Å²) >= 11 is 0. The van der Waals surface area contributed by atoms with Gasteiger partial charge in [0.1, 0.15) is 51.9 Å². The van der Waals surface area contributed by atoms with Gasteiger partial charge in [0, 0.05) is 47.1 Å². The number of rotatable bonds is 20. The molecular weight excluding hydrogens is 1070 g/mol. The van der Waals surface area contributed by atoms with E-state index in [0.717, 1.165) is 110 Å². The molecule has 0 bridgehead atoms. The quantitative estimate of drug-likeness (QED) is 0.0371. The number of carbonyl (C=O) groups excluding carboxylic acids is 1. The number of hydrogen-bond donors (Lipinski definition) is 3. The Morgan fingerprint density at radius 2 is 0.939 bits per heavy atom. The van der Waals surface area contributed by atoms with Crippen LogP contribution in [0.2, 0.25) is 0 Å². The maximum Gasteiger partial charge on any atom is 0.338 e. The fourth-order valence-corrected chi connectivity index (χ4v) is 9.15. The Morgan fingerprint density at radius 1 is 0.561 bits per heavy atom. The van der Waals surface area contributed by atoms with Gasteiger partial charge in [-0.05, 0) is 159 Å². The molecule has 8 rings (SSSR count). The molecule has 0 fully saturated rings. The molecule has 0 radical (unpaired) electrons. The highest BCUT2D eigenvalue weighted by Gasteiger charge is 2.26. The fourth-order valence-electron chi connectivity index (χ4n) is 9.15. The zero-order chi connectivity index (χ0) is 59.7. The van der Waals surface area contributed by atoms with Crippen LogP contribution in [0.15, 0.2) is 94.5 Å². The normalized spacial score (nSPS) is 11.6. The molecule has 22 heteroatoms. The van der Waals surface area contributed by atoms with Crippen molar-refractivity contribution in [3.05, 3.63) is 163 Å². The Balaban J connectivity index is 0.000000237. The lowest BCUT2D eigenvalue weighted by molar-refractivity contribution is 0.00686. The second kappa shape index (κ2) is 26.4. The van der Waals surface area contributed by atoms with Crippen molar-refractivity contribution in [2.75, 3.05) is 63.0 Å². The predicted octanol–water partition coefficient (Wildman–Crippen LogP) is 11.3. The number of nitrogens with zero attached hydrogens (tertiary/aromatic N) is 8. The number of aromatic nitrogens is 6. The molecule has 4 aromatic carbocycles. The average molecular weight is 1140 g/mol. The maximum atomic E-state index is 15.3. The Hall–Kier alpha value is -8.50. The monoisotopic (exact) mass is 1130 g/mol. The molecule has 0 spiro atoms. The highest BCUT2D eigenvalue weighted by molar-refractivity contribution is 5.98. The van der Waals surface area contributed by atoms with Crippen LogP contribution in [0.25, 0.3) is 56.0 Å². The first-order valence-corrected chi connectivity index (χ1v) is 26.8. The lowest BCUT2D eigenvalue weighted by Crippen LogP contribution is -2.25. The second-order valence-electron chi connectivity index (χ2n) is 20.1. The molecule has 4 aromatic heterocycles. The van der Waals surface area contributed by atoms with E-state index in [9.17, 15) is 46.2 Å². The van der Waals surface area contributed by atoms with Crippen molar-refractivity contribution in [1.82, 2.24) is 38.9 Å². The Bertz CT molecular complexity index is 3760. The van der Waals surface area contributed by atoms with Gasteiger partial charge in [-0.25, -0.2) is 45.9 Å². The van der Waals surface area contributed by atoms with Crippen molar-refractivity contribution in [2.24, 2.45) is 0 Å². The summed E-state index contributed by atoms with van der Waals surface area (Å²) in [4.78, 5) is 73.3. The molecule has 0 atom stereocenters. The van der Waals surface area contributed by atoms with Gasteiger partial charge >= 0.3 is 11.9 Å². The van der Waals surface area contributed by atoms with E-state index in [1.807, 2.05) is 0 Å². The first-order chi connectivity index (χ1) is 39.0. The number of fused-ring (bicyclic) bond motifs is 2.